The molecule has 1 aliphatic rings. The average Bonchev–Trinajstić information content (AvgIpc) is 3.03. The maximum Gasteiger partial charge on any atom is 0.312 e. The Morgan fingerprint density at radius 3 is 2.37 bits per heavy atom. The number of aliphatic hydroxyl groups excluding tert-OH is 1. The summed E-state index contributed by atoms with van der Waals surface area (Å²) in [6.45, 7) is 0.193. The van der Waals surface area contributed by atoms with Crippen LogP contribution in [0.25, 0.3) is 0 Å². The second-order valence-corrected chi connectivity index (χ2v) is 6.50. The molecule has 2 aromatic carbocycles. The average molecular weight is 374 g/mol. The van der Waals surface area contributed by atoms with Crippen molar-refractivity contribution in [2.75, 3.05) is 20.8 Å². The maximum absolute atomic E-state index is 12.3. The summed E-state index contributed by atoms with van der Waals surface area (Å²) in [7, 11) is 2.88. The van der Waals surface area contributed by atoms with Gasteiger partial charge in [0.05, 0.1) is 32.8 Å². The smallest absolute Gasteiger partial charge is 0.312 e. The molecule has 0 saturated carbocycles. The van der Waals surface area contributed by atoms with E-state index in [-0.39, 0.29) is 29.8 Å². The molecule has 1 unspecified atom stereocenters. The molecule has 0 aromatic heterocycles. The van der Waals surface area contributed by atoms with Gasteiger partial charge < -0.3 is 29.5 Å². The van der Waals surface area contributed by atoms with Gasteiger partial charge in [-0.25, -0.2) is 0 Å². The molecular weight excluding hydrogens is 352 g/mol. The van der Waals surface area contributed by atoms with E-state index in [1.165, 1.54) is 32.4 Å². The molecular formula is C20H22O7. The van der Waals surface area contributed by atoms with Crippen LogP contribution in [-0.4, -0.2) is 42.1 Å². The molecule has 3 rings (SSSR count). The first-order valence-electron chi connectivity index (χ1n) is 8.52. The predicted octanol–water partition coefficient (Wildman–Crippen LogP) is 2.18. The van der Waals surface area contributed by atoms with Crippen LogP contribution in [0.1, 0.15) is 17.2 Å². The van der Waals surface area contributed by atoms with E-state index in [4.69, 9.17) is 14.2 Å². The predicted molar refractivity (Wildman–Crippen MR) is 95.9 cm³/mol. The van der Waals surface area contributed by atoms with Gasteiger partial charge in [0.25, 0.3) is 0 Å². The molecule has 27 heavy (non-hydrogen) atoms. The van der Waals surface area contributed by atoms with Gasteiger partial charge in [-0.2, -0.15) is 0 Å². The molecule has 0 bridgehead atoms. The monoisotopic (exact) mass is 374 g/mol. The second-order valence-electron chi connectivity index (χ2n) is 6.50. The third-order valence-electron chi connectivity index (χ3n) is 4.85. The highest BCUT2D eigenvalue weighted by atomic mass is 16.5. The van der Waals surface area contributed by atoms with Crippen molar-refractivity contribution in [1.29, 1.82) is 0 Å². The number of aliphatic hydroxyl groups is 1. The van der Waals surface area contributed by atoms with E-state index < -0.39 is 18.0 Å². The van der Waals surface area contributed by atoms with Gasteiger partial charge in [0.15, 0.2) is 23.0 Å². The van der Waals surface area contributed by atoms with Gasteiger partial charge in [0.2, 0.25) is 0 Å². The number of hydrogen-bond acceptors (Lipinski definition) is 7. The number of ether oxygens (including phenoxy) is 3. The highest BCUT2D eigenvalue weighted by Crippen LogP contribution is 2.39. The van der Waals surface area contributed by atoms with Gasteiger partial charge in [-0.3, -0.25) is 4.79 Å². The molecule has 0 aliphatic carbocycles. The van der Waals surface area contributed by atoms with Crippen LogP contribution in [-0.2, 0) is 16.0 Å². The first kappa shape index (κ1) is 18.8. The first-order chi connectivity index (χ1) is 12.9. The van der Waals surface area contributed by atoms with E-state index in [9.17, 15) is 20.1 Å². The molecule has 7 nitrogen and oxygen atoms in total. The molecule has 2 aromatic rings. The van der Waals surface area contributed by atoms with Crippen molar-refractivity contribution in [3.8, 4) is 23.0 Å². The molecule has 0 amide bonds. The number of benzene rings is 2. The molecule has 7 heteroatoms. The fourth-order valence-corrected chi connectivity index (χ4v) is 3.39. The minimum absolute atomic E-state index is 0.0350. The number of cyclic esters (lactones) is 1. The Bertz CT molecular complexity index is 833. The van der Waals surface area contributed by atoms with Gasteiger partial charge in [0, 0.05) is 5.92 Å². The lowest BCUT2D eigenvalue weighted by Gasteiger charge is -2.22. The highest BCUT2D eigenvalue weighted by molar-refractivity contribution is 5.76. The highest BCUT2D eigenvalue weighted by Gasteiger charge is 2.42. The number of carbonyl (C=O) groups excluding carboxylic acids is 1. The number of esters is 1. The van der Waals surface area contributed by atoms with Gasteiger partial charge in [0.1, 0.15) is 0 Å². The number of carbonyl (C=O) groups is 1. The first-order valence-corrected chi connectivity index (χ1v) is 8.52. The van der Waals surface area contributed by atoms with Crippen LogP contribution in [0.4, 0.5) is 0 Å². The lowest BCUT2D eigenvalue weighted by Crippen LogP contribution is -2.25. The Balaban J connectivity index is 1.83. The van der Waals surface area contributed by atoms with Crippen molar-refractivity contribution in [2.24, 2.45) is 11.8 Å². The van der Waals surface area contributed by atoms with E-state index >= 15 is 0 Å². The quantitative estimate of drug-likeness (QED) is 0.666. The molecule has 0 radical (unpaired) electrons. The molecule has 0 spiro atoms. The van der Waals surface area contributed by atoms with Crippen LogP contribution in [0.2, 0.25) is 0 Å². The van der Waals surface area contributed by atoms with Gasteiger partial charge >= 0.3 is 5.97 Å². The minimum atomic E-state index is -1.10. The number of phenols is 2. The Labute approximate surface area is 156 Å². The lowest BCUT2D eigenvalue weighted by molar-refractivity contribution is -0.144. The van der Waals surface area contributed by atoms with Gasteiger partial charge in [-0.15, -0.1) is 0 Å². The molecule has 1 aliphatic heterocycles. The van der Waals surface area contributed by atoms with Crippen LogP contribution >= 0.6 is 0 Å². The van der Waals surface area contributed by atoms with Crippen molar-refractivity contribution in [3.05, 3.63) is 47.5 Å². The summed E-state index contributed by atoms with van der Waals surface area (Å²) in [4.78, 5) is 12.3. The van der Waals surface area contributed by atoms with Crippen LogP contribution in [0.15, 0.2) is 36.4 Å². The van der Waals surface area contributed by atoms with E-state index in [0.717, 1.165) is 5.56 Å². The number of rotatable bonds is 6. The summed E-state index contributed by atoms with van der Waals surface area (Å²) in [5.74, 6) is -0.912. The fourth-order valence-electron chi connectivity index (χ4n) is 3.39. The minimum Gasteiger partial charge on any atom is -0.504 e. The number of methoxy groups -OCH3 is 2. The van der Waals surface area contributed by atoms with Crippen molar-refractivity contribution >= 4 is 5.97 Å². The summed E-state index contributed by atoms with van der Waals surface area (Å²) >= 11 is 0. The van der Waals surface area contributed by atoms with Crippen molar-refractivity contribution < 1.29 is 34.3 Å². The van der Waals surface area contributed by atoms with Crippen LogP contribution < -0.4 is 9.47 Å². The summed E-state index contributed by atoms with van der Waals surface area (Å²) < 4.78 is 15.4. The summed E-state index contributed by atoms with van der Waals surface area (Å²) in [5.41, 5.74) is 1.32. The third-order valence-corrected chi connectivity index (χ3v) is 4.85. The number of aromatic hydroxyl groups is 2. The lowest BCUT2D eigenvalue weighted by atomic mass is 9.83. The molecule has 144 valence electrons. The Kier molecular flexibility index (Phi) is 5.41. The molecule has 1 fully saturated rings. The summed E-state index contributed by atoms with van der Waals surface area (Å²) in [6.07, 6.45) is -0.627. The van der Waals surface area contributed by atoms with Crippen LogP contribution in [0.5, 0.6) is 23.0 Å². The zero-order chi connectivity index (χ0) is 19.6. The molecule has 3 atom stereocenters. The standard InChI is InChI=1S/C20H22O7/c1-25-16-8-11(3-5-14(16)21)7-13-10-27-20(24)18(13)19(23)12-4-6-15(22)17(9-12)26-2/h3-6,8-9,13,18-19,21-23H,7,10H2,1-2H3/t13-,18?,19-/m0/s1. The maximum atomic E-state index is 12.3. The normalized spacial score (nSPS) is 20.2. The fraction of sp³-hybridized carbons (Fsp3) is 0.350. The number of phenolic OH excluding ortho intramolecular Hbond substituents is 2. The zero-order valence-corrected chi connectivity index (χ0v) is 15.1. The SMILES string of the molecule is COc1cc(C[C@H]2COC(=O)C2[C@@H](O)c2ccc(O)c(OC)c2)ccc1O. The molecule has 1 saturated heterocycles. The van der Waals surface area contributed by atoms with E-state index in [2.05, 4.69) is 0 Å². The zero-order valence-electron chi connectivity index (χ0n) is 15.1. The summed E-state index contributed by atoms with van der Waals surface area (Å²) in [5, 5.41) is 30.2. The number of hydrogen-bond donors (Lipinski definition) is 3. The Morgan fingerprint density at radius 1 is 1.07 bits per heavy atom. The van der Waals surface area contributed by atoms with E-state index in [1.807, 2.05) is 0 Å². The topological polar surface area (TPSA) is 105 Å². The van der Waals surface area contributed by atoms with E-state index in [1.54, 1.807) is 18.2 Å². The van der Waals surface area contributed by atoms with Crippen molar-refractivity contribution in [2.45, 2.75) is 12.5 Å². The van der Waals surface area contributed by atoms with Crippen LogP contribution in [0.3, 0.4) is 0 Å². The van der Waals surface area contributed by atoms with Crippen molar-refractivity contribution in [1.82, 2.24) is 0 Å². The summed E-state index contributed by atoms with van der Waals surface area (Å²) in [6, 6.07) is 9.44. The van der Waals surface area contributed by atoms with Crippen molar-refractivity contribution in [3.63, 3.8) is 0 Å². The molecule has 1 heterocycles. The Hall–Kier alpha value is -2.93. The Morgan fingerprint density at radius 2 is 1.70 bits per heavy atom. The van der Waals surface area contributed by atoms with E-state index in [0.29, 0.717) is 17.7 Å². The molecule has 3 N–H and O–H groups in total. The largest absolute Gasteiger partial charge is 0.504 e. The second kappa shape index (κ2) is 7.75. The van der Waals surface area contributed by atoms with Gasteiger partial charge in [-0.1, -0.05) is 12.1 Å². The van der Waals surface area contributed by atoms with Gasteiger partial charge in [-0.05, 0) is 41.8 Å². The van der Waals surface area contributed by atoms with Crippen LogP contribution in [0, 0.1) is 11.8 Å². The third kappa shape index (κ3) is 3.78.